The van der Waals surface area contributed by atoms with Crippen LogP contribution in [0.3, 0.4) is 0 Å². The molecule has 0 saturated heterocycles. The minimum atomic E-state index is -0.820. The van der Waals surface area contributed by atoms with Crippen molar-refractivity contribution in [1.82, 2.24) is 0 Å². The summed E-state index contributed by atoms with van der Waals surface area (Å²) in [6.07, 6.45) is 3.65. The van der Waals surface area contributed by atoms with E-state index in [4.69, 9.17) is 40.4 Å². The predicted octanol–water partition coefficient (Wildman–Crippen LogP) is 5.21. The second kappa shape index (κ2) is 12.2. The molecule has 0 amide bonds. The van der Waals surface area contributed by atoms with Gasteiger partial charge in [-0.2, -0.15) is 0 Å². The van der Waals surface area contributed by atoms with E-state index in [-0.39, 0.29) is 41.8 Å². The van der Waals surface area contributed by atoms with E-state index in [9.17, 15) is 9.59 Å². The maximum atomic E-state index is 13.2. The number of halogens is 2. The van der Waals surface area contributed by atoms with E-state index in [0.29, 0.717) is 24.2 Å². The summed E-state index contributed by atoms with van der Waals surface area (Å²) in [6, 6.07) is 8.50. The second-order valence-corrected chi connectivity index (χ2v) is 8.80. The zero-order valence-corrected chi connectivity index (χ0v) is 20.9. The Kier molecular flexibility index (Phi) is 9.35. The van der Waals surface area contributed by atoms with Gasteiger partial charge in [-0.15, -0.1) is 0 Å². The van der Waals surface area contributed by atoms with Gasteiger partial charge in [-0.25, -0.2) is 0 Å². The standard InChI is InChI=1S/C24H24BrClO8/c1-30-12-32-20-8-6-18(26)23(33-13-31-2)22(20)19(27)7-4-14-3-5-16(25)11-21(14)34-17-9-15(10-17)24(28)29/h3-8,11,15,17H,9-10,12-13H2,1-2H3,(H,28,29)/b7-4+. The smallest absolute Gasteiger partial charge is 0.306 e. The molecule has 1 aliphatic rings. The van der Waals surface area contributed by atoms with Crippen molar-refractivity contribution >= 4 is 45.4 Å². The van der Waals surface area contributed by atoms with Crippen LogP contribution in [0.5, 0.6) is 17.2 Å². The fourth-order valence-electron chi connectivity index (χ4n) is 3.31. The quantitative estimate of drug-likeness (QED) is 0.217. The van der Waals surface area contributed by atoms with Crippen LogP contribution >= 0.6 is 27.5 Å². The Balaban J connectivity index is 1.86. The topological polar surface area (TPSA) is 101 Å². The molecule has 0 radical (unpaired) electrons. The van der Waals surface area contributed by atoms with Gasteiger partial charge in [0.2, 0.25) is 0 Å². The number of hydrogen-bond acceptors (Lipinski definition) is 7. The molecule has 1 fully saturated rings. The lowest BCUT2D eigenvalue weighted by Gasteiger charge is -2.33. The molecule has 1 N–H and O–H groups in total. The van der Waals surface area contributed by atoms with Crippen LogP contribution < -0.4 is 14.2 Å². The van der Waals surface area contributed by atoms with Gasteiger partial charge in [0, 0.05) is 24.3 Å². The SMILES string of the molecule is COCOc1ccc(Cl)c(OCOC)c1C(=O)/C=C/c1ccc(Br)cc1OC1CC(C(=O)O)C1. The monoisotopic (exact) mass is 554 g/mol. The van der Waals surface area contributed by atoms with Gasteiger partial charge in [-0.3, -0.25) is 9.59 Å². The van der Waals surface area contributed by atoms with Gasteiger partial charge >= 0.3 is 5.97 Å². The Bertz CT molecular complexity index is 1070. The number of carboxylic acid groups (broad SMARTS) is 1. The molecular weight excluding hydrogens is 532 g/mol. The van der Waals surface area contributed by atoms with Crippen LogP contribution in [0.4, 0.5) is 0 Å². The molecule has 1 aliphatic carbocycles. The summed E-state index contributed by atoms with van der Waals surface area (Å²) in [6.45, 7) is -0.181. The molecule has 2 aromatic rings. The molecule has 2 aromatic carbocycles. The molecule has 0 bridgehead atoms. The maximum absolute atomic E-state index is 13.2. The van der Waals surface area contributed by atoms with Crippen LogP contribution in [0.1, 0.15) is 28.8 Å². The molecule has 0 spiro atoms. The summed E-state index contributed by atoms with van der Waals surface area (Å²) in [5.41, 5.74) is 0.775. The lowest BCUT2D eigenvalue weighted by Crippen LogP contribution is -2.38. The van der Waals surface area contributed by atoms with E-state index in [1.807, 2.05) is 6.07 Å². The lowest BCUT2D eigenvalue weighted by atomic mass is 9.82. The van der Waals surface area contributed by atoms with Crippen LogP contribution in [0.15, 0.2) is 40.9 Å². The maximum Gasteiger partial charge on any atom is 0.306 e. The Hall–Kier alpha value is -2.59. The van der Waals surface area contributed by atoms with Crippen LogP contribution in [0.2, 0.25) is 5.02 Å². The number of methoxy groups -OCH3 is 2. The Morgan fingerprint density at radius 2 is 1.79 bits per heavy atom. The van der Waals surface area contributed by atoms with E-state index in [1.54, 1.807) is 30.3 Å². The number of allylic oxidation sites excluding steroid dienone is 1. The van der Waals surface area contributed by atoms with E-state index < -0.39 is 17.7 Å². The average molecular weight is 556 g/mol. The summed E-state index contributed by atoms with van der Waals surface area (Å²) >= 11 is 9.69. The number of aliphatic carboxylic acids is 1. The highest BCUT2D eigenvalue weighted by atomic mass is 79.9. The number of ether oxygens (including phenoxy) is 5. The highest BCUT2D eigenvalue weighted by molar-refractivity contribution is 9.10. The summed E-state index contributed by atoms with van der Waals surface area (Å²) in [5.74, 6) is -0.717. The molecule has 34 heavy (non-hydrogen) atoms. The summed E-state index contributed by atoms with van der Waals surface area (Å²) in [4.78, 5) is 24.3. The number of hydrogen-bond donors (Lipinski definition) is 1. The van der Waals surface area contributed by atoms with E-state index in [2.05, 4.69) is 15.9 Å². The minimum Gasteiger partial charge on any atom is -0.490 e. The zero-order chi connectivity index (χ0) is 24.7. The number of carbonyl (C=O) groups excluding carboxylic acids is 1. The third-order valence-corrected chi connectivity index (χ3v) is 5.89. The number of rotatable bonds is 12. The molecule has 182 valence electrons. The van der Waals surface area contributed by atoms with Crippen LogP contribution in [-0.4, -0.2) is 50.8 Å². The van der Waals surface area contributed by atoms with Gasteiger partial charge in [0.05, 0.1) is 10.9 Å². The zero-order valence-electron chi connectivity index (χ0n) is 18.6. The van der Waals surface area contributed by atoms with Gasteiger partial charge in [0.25, 0.3) is 0 Å². The third-order valence-electron chi connectivity index (χ3n) is 5.10. The van der Waals surface area contributed by atoms with Crippen molar-refractivity contribution < 1.29 is 38.4 Å². The molecule has 0 aromatic heterocycles. The van der Waals surface area contributed by atoms with E-state index in [1.165, 1.54) is 20.3 Å². The first-order chi connectivity index (χ1) is 16.3. The van der Waals surface area contributed by atoms with Gasteiger partial charge < -0.3 is 28.8 Å². The van der Waals surface area contributed by atoms with Crippen molar-refractivity contribution in [3.8, 4) is 17.2 Å². The normalized spacial score (nSPS) is 17.3. The Labute approximate surface area is 210 Å². The van der Waals surface area contributed by atoms with Crippen molar-refractivity contribution in [3.63, 3.8) is 0 Å². The first kappa shape index (κ1) is 26.0. The van der Waals surface area contributed by atoms with Crippen molar-refractivity contribution in [2.45, 2.75) is 18.9 Å². The van der Waals surface area contributed by atoms with Crippen molar-refractivity contribution in [3.05, 3.63) is 57.0 Å². The van der Waals surface area contributed by atoms with Gasteiger partial charge in [0.1, 0.15) is 23.2 Å². The number of carboxylic acids is 1. The molecule has 1 saturated carbocycles. The van der Waals surface area contributed by atoms with E-state index in [0.717, 1.165) is 4.47 Å². The van der Waals surface area contributed by atoms with E-state index >= 15 is 0 Å². The third kappa shape index (κ3) is 6.50. The molecule has 8 nitrogen and oxygen atoms in total. The summed E-state index contributed by atoms with van der Waals surface area (Å²) in [5, 5.41) is 9.31. The van der Waals surface area contributed by atoms with Crippen LogP contribution in [0.25, 0.3) is 6.08 Å². The molecule has 0 heterocycles. The van der Waals surface area contributed by atoms with Crippen LogP contribution in [-0.2, 0) is 14.3 Å². The van der Waals surface area contributed by atoms with Crippen molar-refractivity contribution in [1.29, 1.82) is 0 Å². The molecule has 3 rings (SSSR count). The molecule has 0 unspecified atom stereocenters. The fourth-order valence-corrected chi connectivity index (χ4v) is 3.87. The minimum absolute atomic E-state index is 0.0707. The fraction of sp³-hybridized carbons (Fsp3) is 0.333. The molecular formula is C24H24BrClO8. The highest BCUT2D eigenvalue weighted by Crippen LogP contribution is 2.37. The van der Waals surface area contributed by atoms with Crippen LogP contribution in [0, 0.1) is 5.92 Å². The molecule has 0 atom stereocenters. The predicted molar refractivity (Wildman–Crippen MR) is 129 cm³/mol. The summed E-state index contributed by atoms with van der Waals surface area (Å²) in [7, 11) is 2.92. The lowest BCUT2D eigenvalue weighted by molar-refractivity contribution is -0.147. The van der Waals surface area contributed by atoms with Gasteiger partial charge in [-0.1, -0.05) is 33.6 Å². The van der Waals surface area contributed by atoms with Crippen molar-refractivity contribution in [2.24, 2.45) is 5.92 Å². The van der Waals surface area contributed by atoms with Gasteiger partial charge in [0.15, 0.2) is 25.1 Å². The first-order valence-corrected chi connectivity index (χ1v) is 11.5. The van der Waals surface area contributed by atoms with Crippen molar-refractivity contribution in [2.75, 3.05) is 27.8 Å². The number of ketones is 1. The Morgan fingerprint density at radius 3 is 2.47 bits per heavy atom. The van der Waals surface area contributed by atoms with Gasteiger partial charge in [-0.05, 0) is 49.3 Å². The highest BCUT2D eigenvalue weighted by Gasteiger charge is 2.36. The average Bonchev–Trinajstić information content (AvgIpc) is 2.78. The Morgan fingerprint density at radius 1 is 1.09 bits per heavy atom. The molecule has 10 heteroatoms. The second-order valence-electron chi connectivity index (χ2n) is 7.48. The first-order valence-electron chi connectivity index (χ1n) is 10.3. The number of carbonyl (C=O) groups is 2. The molecule has 0 aliphatic heterocycles. The summed E-state index contributed by atoms with van der Waals surface area (Å²) < 4.78 is 27.8. The largest absolute Gasteiger partial charge is 0.490 e. The number of benzene rings is 2.